The third kappa shape index (κ3) is 6.08. The number of nitrogens with one attached hydrogen (secondary N) is 1. The van der Waals surface area contributed by atoms with Crippen molar-refractivity contribution >= 4 is 15.9 Å². The van der Waals surface area contributed by atoms with E-state index in [1.165, 1.54) is 12.1 Å². The summed E-state index contributed by atoms with van der Waals surface area (Å²) >= 11 is 0. The van der Waals surface area contributed by atoms with Crippen LogP contribution in [0, 0.1) is 6.92 Å². The highest BCUT2D eigenvalue weighted by Crippen LogP contribution is 2.22. The molecule has 0 saturated heterocycles. The molecule has 2 rings (SSSR count). The topological polar surface area (TPSA) is 75.7 Å². The lowest BCUT2D eigenvalue weighted by Crippen LogP contribution is -2.31. The van der Waals surface area contributed by atoms with Crippen LogP contribution >= 0.6 is 0 Å². The fourth-order valence-corrected chi connectivity index (χ4v) is 3.86. The number of carbonyl (C=O) groups is 1. The van der Waals surface area contributed by atoms with E-state index >= 15 is 0 Å². The van der Waals surface area contributed by atoms with Crippen LogP contribution in [0.4, 0.5) is 0 Å². The van der Waals surface area contributed by atoms with E-state index in [9.17, 15) is 13.2 Å². The number of nitrogens with zero attached hydrogens (tertiary/aromatic N) is 1. The summed E-state index contributed by atoms with van der Waals surface area (Å²) < 4.78 is 32.6. The van der Waals surface area contributed by atoms with Crippen molar-refractivity contribution in [2.75, 3.05) is 13.7 Å². The predicted molar refractivity (Wildman–Crippen MR) is 105 cm³/mol. The molecular formula is C20H26N2O4S. The summed E-state index contributed by atoms with van der Waals surface area (Å²) in [5.74, 6) is 0.330. The fraction of sp³-hybridized carbons (Fsp3) is 0.350. The Morgan fingerprint density at radius 1 is 1.15 bits per heavy atom. The van der Waals surface area contributed by atoms with Crippen molar-refractivity contribution in [1.82, 2.24) is 9.62 Å². The molecule has 0 unspecified atom stereocenters. The monoisotopic (exact) mass is 390 g/mol. The zero-order valence-corrected chi connectivity index (χ0v) is 16.9. The molecule has 0 saturated carbocycles. The number of amides is 1. The first kappa shape index (κ1) is 20.9. The number of rotatable bonds is 8. The lowest BCUT2D eigenvalue weighted by molar-refractivity contribution is -0.132. The Bertz CT molecular complexity index is 880. The number of hydrogen-bond donors (Lipinski definition) is 1. The van der Waals surface area contributed by atoms with Crippen LogP contribution in [-0.4, -0.2) is 38.9 Å². The standard InChI is InChI=1S/C20H26N2O4S/c1-15(2)21-27(24,25)18-10-11-19(16(3)12-18)26-14-20(23)22(4)13-17-8-6-5-7-9-17/h5-12,15,21H,13-14H2,1-4H3. The average molecular weight is 391 g/mol. The second-order valence-corrected chi connectivity index (χ2v) is 8.44. The molecule has 0 aliphatic rings. The number of hydrogen-bond acceptors (Lipinski definition) is 4. The molecular weight excluding hydrogens is 364 g/mol. The van der Waals surface area contributed by atoms with Gasteiger partial charge >= 0.3 is 0 Å². The Kier molecular flexibility index (Phi) is 6.98. The van der Waals surface area contributed by atoms with E-state index in [4.69, 9.17) is 4.74 Å². The highest BCUT2D eigenvalue weighted by atomic mass is 32.2. The molecule has 146 valence electrons. The van der Waals surface area contributed by atoms with Crippen molar-refractivity contribution in [3.63, 3.8) is 0 Å². The average Bonchev–Trinajstić information content (AvgIpc) is 2.60. The molecule has 6 nitrogen and oxygen atoms in total. The van der Waals surface area contributed by atoms with Crippen LogP contribution in [-0.2, 0) is 21.4 Å². The Balaban J connectivity index is 1.98. The lowest BCUT2D eigenvalue weighted by Gasteiger charge is -2.18. The predicted octanol–water partition coefficient (Wildman–Crippen LogP) is 2.72. The molecule has 0 bridgehead atoms. The fourth-order valence-electron chi connectivity index (χ4n) is 2.52. The van der Waals surface area contributed by atoms with E-state index in [1.54, 1.807) is 38.8 Å². The van der Waals surface area contributed by atoms with Crippen LogP contribution in [0.25, 0.3) is 0 Å². The van der Waals surface area contributed by atoms with Gasteiger partial charge in [-0.3, -0.25) is 4.79 Å². The minimum atomic E-state index is -3.56. The molecule has 1 N–H and O–H groups in total. The highest BCUT2D eigenvalue weighted by Gasteiger charge is 2.17. The van der Waals surface area contributed by atoms with E-state index in [-0.39, 0.29) is 23.5 Å². The molecule has 0 aromatic heterocycles. The van der Waals surface area contributed by atoms with Gasteiger partial charge in [-0.1, -0.05) is 30.3 Å². The van der Waals surface area contributed by atoms with Gasteiger partial charge in [0.2, 0.25) is 10.0 Å². The molecule has 2 aromatic rings. The molecule has 0 spiro atoms. The quantitative estimate of drug-likeness (QED) is 0.752. The zero-order valence-electron chi connectivity index (χ0n) is 16.1. The third-order valence-corrected chi connectivity index (χ3v) is 5.54. The highest BCUT2D eigenvalue weighted by molar-refractivity contribution is 7.89. The first-order chi connectivity index (χ1) is 12.7. The maximum Gasteiger partial charge on any atom is 0.260 e. The maximum absolute atomic E-state index is 12.3. The van der Waals surface area contributed by atoms with Crippen molar-refractivity contribution in [3.05, 3.63) is 59.7 Å². The van der Waals surface area contributed by atoms with Gasteiger partial charge < -0.3 is 9.64 Å². The van der Waals surface area contributed by atoms with Crippen molar-refractivity contribution in [1.29, 1.82) is 0 Å². The number of ether oxygens (including phenoxy) is 1. The number of carbonyl (C=O) groups excluding carboxylic acids is 1. The van der Waals surface area contributed by atoms with Gasteiger partial charge in [0.25, 0.3) is 5.91 Å². The minimum Gasteiger partial charge on any atom is -0.483 e. The summed E-state index contributed by atoms with van der Waals surface area (Å²) in [4.78, 5) is 14.0. The summed E-state index contributed by atoms with van der Waals surface area (Å²) in [7, 11) is -1.84. The molecule has 0 heterocycles. The molecule has 0 radical (unpaired) electrons. The van der Waals surface area contributed by atoms with Gasteiger partial charge in [-0.15, -0.1) is 0 Å². The van der Waals surface area contributed by atoms with Crippen LogP contribution in [0.2, 0.25) is 0 Å². The normalized spacial score (nSPS) is 11.4. The van der Waals surface area contributed by atoms with E-state index in [0.29, 0.717) is 17.9 Å². The van der Waals surface area contributed by atoms with Gasteiger partial charge in [0.05, 0.1) is 4.90 Å². The van der Waals surface area contributed by atoms with Crippen LogP contribution in [0.15, 0.2) is 53.4 Å². The molecule has 0 aliphatic carbocycles. The smallest absolute Gasteiger partial charge is 0.260 e. The van der Waals surface area contributed by atoms with Gasteiger partial charge in [-0.05, 0) is 50.1 Å². The number of likely N-dealkylation sites (N-methyl/N-ethyl adjacent to an activating group) is 1. The van der Waals surface area contributed by atoms with Gasteiger partial charge in [0.15, 0.2) is 6.61 Å². The molecule has 0 aliphatic heterocycles. The summed E-state index contributed by atoms with van der Waals surface area (Å²) in [5, 5.41) is 0. The largest absolute Gasteiger partial charge is 0.483 e. The first-order valence-electron chi connectivity index (χ1n) is 8.72. The summed E-state index contributed by atoms with van der Waals surface area (Å²) in [6, 6.07) is 14.1. The van der Waals surface area contributed by atoms with Crippen molar-refractivity contribution in [2.45, 2.75) is 38.3 Å². The number of benzene rings is 2. The maximum atomic E-state index is 12.3. The van der Waals surface area contributed by atoms with Crippen LogP contribution in [0.3, 0.4) is 0 Å². The SMILES string of the molecule is Cc1cc(S(=O)(=O)NC(C)C)ccc1OCC(=O)N(C)Cc1ccccc1. The molecule has 7 heteroatoms. The lowest BCUT2D eigenvalue weighted by atomic mass is 10.2. The van der Waals surface area contributed by atoms with E-state index < -0.39 is 10.0 Å². The van der Waals surface area contributed by atoms with Gasteiger partial charge in [0, 0.05) is 19.6 Å². The van der Waals surface area contributed by atoms with E-state index in [1.807, 2.05) is 30.3 Å². The Hall–Kier alpha value is -2.38. The summed E-state index contributed by atoms with van der Waals surface area (Å²) in [6.07, 6.45) is 0. The summed E-state index contributed by atoms with van der Waals surface area (Å²) in [5.41, 5.74) is 1.69. The zero-order chi connectivity index (χ0) is 20.0. The van der Waals surface area contributed by atoms with Gasteiger partial charge in [0.1, 0.15) is 5.75 Å². The Morgan fingerprint density at radius 2 is 1.81 bits per heavy atom. The van der Waals surface area contributed by atoms with E-state index in [0.717, 1.165) is 5.56 Å². The molecule has 0 fully saturated rings. The van der Waals surface area contributed by atoms with Crippen molar-refractivity contribution < 1.29 is 17.9 Å². The van der Waals surface area contributed by atoms with Crippen LogP contribution in [0.5, 0.6) is 5.75 Å². The van der Waals surface area contributed by atoms with Gasteiger partial charge in [-0.25, -0.2) is 13.1 Å². The van der Waals surface area contributed by atoms with Crippen molar-refractivity contribution in [3.8, 4) is 5.75 Å². The molecule has 2 aromatic carbocycles. The molecule has 1 amide bonds. The number of aryl methyl sites for hydroxylation is 1. The van der Waals surface area contributed by atoms with Gasteiger partial charge in [-0.2, -0.15) is 0 Å². The van der Waals surface area contributed by atoms with Crippen LogP contribution < -0.4 is 9.46 Å². The van der Waals surface area contributed by atoms with E-state index in [2.05, 4.69) is 4.72 Å². The third-order valence-electron chi connectivity index (χ3n) is 3.89. The molecule has 0 atom stereocenters. The minimum absolute atomic E-state index is 0.111. The first-order valence-corrected chi connectivity index (χ1v) is 10.2. The van der Waals surface area contributed by atoms with Crippen LogP contribution in [0.1, 0.15) is 25.0 Å². The van der Waals surface area contributed by atoms with Crippen molar-refractivity contribution in [2.24, 2.45) is 0 Å². The second kappa shape index (κ2) is 9.01. The Morgan fingerprint density at radius 3 is 2.41 bits per heavy atom. The second-order valence-electron chi connectivity index (χ2n) is 6.73. The number of sulfonamides is 1. The summed E-state index contributed by atoms with van der Waals surface area (Å²) in [6.45, 7) is 5.67. The Labute approximate surface area is 161 Å². The molecule has 27 heavy (non-hydrogen) atoms.